The molecule has 0 fully saturated rings. The minimum absolute atomic E-state index is 0.00191. The molecular formula is C11H20F2O. The molecule has 0 aliphatic rings. The highest BCUT2D eigenvalue weighted by atomic mass is 19.3. The Kier molecular flexibility index (Phi) is 7.63. The van der Waals surface area contributed by atoms with Gasteiger partial charge in [0.25, 0.3) is 0 Å². The standard InChI is InChI=1S/C11H20F2O/c1-2-3-5-8-11(12,13)9-6-4-7-10-14/h10H,2-9H2,1H3. The molecule has 1 nitrogen and oxygen atoms in total. The Labute approximate surface area is 84.9 Å². The molecule has 14 heavy (non-hydrogen) atoms. The van der Waals surface area contributed by atoms with Gasteiger partial charge in [-0.3, -0.25) is 0 Å². The number of halogens is 2. The summed E-state index contributed by atoms with van der Waals surface area (Å²) in [5, 5.41) is 0. The molecular weight excluding hydrogens is 186 g/mol. The van der Waals surface area contributed by atoms with Crippen LogP contribution in [0.4, 0.5) is 8.78 Å². The van der Waals surface area contributed by atoms with Crippen LogP contribution in [0.15, 0.2) is 0 Å². The Morgan fingerprint density at radius 2 is 1.64 bits per heavy atom. The second kappa shape index (κ2) is 7.89. The van der Waals surface area contributed by atoms with Gasteiger partial charge in [0.05, 0.1) is 0 Å². The Bertz CT molecular complexity index is 146. The predicted molar refractivity (Wildman–Crippen MR) is 53.6 cm³/mol. The molecule has 0 saturated heterocycles. The number of hydrogen-bond donors (Lipinski definition) is 0. The quantitative estimate of drug-likeness (QED) is 0.412. The van der Waals surface area contributed by atoms with E-state index in [1.165, 1.54) is 0 Å². The minimum Gasteiger partial charge on any atom is -0.303 e. The first kappa shape index (κ1) is 13.5. The first-order valence-electron chi connectivity index (χ1n) is 5.44. The topological polar surface area (TPSA) is 17.1 Å². The number of aldehydes is 1. The van der Waals surface area contributed by atoms with Crippen LogP contribution < -0.4 is 0 Å². The van der Waals surface area contributed by atoms with Gasteiger partial charge in [0.2, 0.25) is 5.92 Å². The fourth-order valence-electron chi connectivity index (χ4n) is 1.37. The molecule has 0 aromatic rings. The molecule has 3 heteroatoms. The fourth-order valence-corrected chi connectivity index (χ4v) is 1.37. The predicted octanol–water partition coefficient (Wildman–Crippen LogP) is 3.96. The molecule has 0 saturated carbocycles. The van der Waals surface area contributed by atoms with Gasteiger partial charge < -0.3 is 4.79 Å². The van der Waals surface area contributed by atoms with E-state index in [1.807, 2.05) is 6.92 Å². The molecule has 0 aromatic carbocycles. The molecule has 0 radical (unpaired) electrons. The van der Waals surface area contributed by atoms with E-state index in [-0.39, 0.29) is 12.8 Å². The van der Waals surface area contributed by atoms with Gasteiger partial charge in [-0.05, 0) is 19.3 Å². The highest BCUT2D eigenvalue weighted by Crippen LogP contribution is 2.27. The van der Waals surface area contributed by atoms with Crippen LogP contribution in [0.2, 0.25) is 0 Å². The number of carbonyl (C=O) groups excluding carboxylic acids is 1. The van der Waals surface area contributed by atoms with Crippen LogP contribution in [-0.4, -0.2) is 12.2 Å². The molecule has 0 unspecified atom stereocenters. The summed E-state index contributed by atoms with van der Waals surface area (Å²) < 4.78 is 26.2. The summed E-state index contributed by atoms with van der Waals surface area (Å²) in [4.78, 5) is 9.95. The van der Waals surface area contributed by atoms with Gasteiger partial charge in [0.1, 0.15) is 6.29 Å². The molecule has 0 aliphatic heterocycles. The Balaban J connectivity index is 3.45. The maximum atomic E-state index is 13.1. The van der Waals surface area contributed by atoms with E-state index in [9.17, 15) is 13.6 Å². The Morgan fingerprint density at radius 1 is 1.07 bits per heavy atom. The zero-order chi connectivity index (χ0) is 10.9. The number of hydrogen-bond acceptors (Lipinski definition) is 1. The third kappa shape index (κ3) is 8.14. The van der Waals surface area contributed by atoms with Crippen molar-refractivity contribution in [2.45, 2.75) is 64.2 Å². The Morgan fingerprint density at radius 3 is 2.14 bits per heavy atom. The largest absolute Gasteiger partial charge is 0.303 e. The van der Waals surface area contributed by atoms with Crippen LogP contribution in [0.1, 0.15) is 58.3 Å². The molecule has 0 spiro atoms. The average molecular weight is 206 g/mol. The van der Waals surface area contributed by atoms with Crippen LogP contribution in [0.5, 0.6) is 0 Å². The van der Waals surface area contributed by atoms with Crippen LogP contribution in [0, 0.1) is 0 Å². The van der Waals surface area contributed by atoms with E-state index in [0.717, 1.165) is 19.1 Å². The van der Waals surface area contributed by atoms with Crippen molar-refractivity contribution < 1.29 is 13.6 Å². The van der Waals surface area contributed by atoms with Gasteiger partial charge in [0, 0.05) is 19.3 Å². The number of unbranched alkanes of at least 4 members (excludes halogenated alkanes) is 4. The number of carbonyl (C=O) groups is 1. The molecule has 0 aliphatic carbocycles. The summed E-state index contributed by atoms with van der Waals surface area (Å²) in [6.07, 6.45) is 4.64. The smallest absolute Gasteiger partial charge is 0.248 e. The molecule has 84 valence electrons. The lowest BCUT2D eigenvalue weighted by Gasteiger charge is -2.15. The van der Waals surface area contributed by atoms with Crippen molar-refractivity contribution >= 4 is 6.29 Å². The van der Waals surface area contributed by atoms with Gasteiger partial charge in [-0.1, -0.05) is 19.8 Å². The summed E-state index contributed by atoms with van der Waals surface area (Å²) in [5.41, 5.74) is 0. The number of alkyl halides is 2. The van der Waals surface area contributed by atoms with E-state index in [4.69, 9.17) is 0 Å². The molecule has 0 heterocycles. The van der Waals surface area contributed by atoms with Crippen molar-refractivity contribution in [3.63, 3.8) is 0 Å². The SMILES string of the molecule is CCCCCC(F)(F)CCCCC=O. The summed E-state index contributed by atoms with van der Waals surface area (Å²) in [7, 11) is 0. The van der Waals surface area contributed by atoms with Crippen molar-refractivity contribution in [3.05, 3.63) is 0 Å². The lowest BCUT2D eigenvalue weighted by atomic mass is 10.0. The summed E-state index contributed by atoms with van der Waals surface area (Å²) >= 11 is 0. The van der Waals surface area contributed by atoms with Crippen molar-refractivity contribution in [3.8, 4) is 0 Å². The molecule has 0 amide bonds. The molecule has 0 rings (SSSR count). The molecule has 0 bridgehead atoms. The van der Waals surface area contributed by atoms with Gasteiger partial charge in [0.15, 0.2) is 0 Å². The molecule has 0 aromatic heterocycles. The monoisotopic (exact) mass is 206 g/mol. The van der Waals surface area contributed by atoms with Crippen LogP contribution in [-0.2, 0) is 4.79 Å². The molecule has 0 atom stereocenters. The third-order valence-corrected chi connectivity index (χ3v) is 2.26. The summed E-state index contributed by atoms with van der Waals surface area (Å²) in [6, 6.07) is 0. The number of rotatable bonds is 9. The fraction of sp³-hybridized carbons (Fsp3) is 0.909. The van der Waals surface area contributed by atoms with Crippen LogP contribution in [0.25, 0.3) is 0 Å². The summed E-state index contributed by atoms with van der Waals surface area (Å²) in [5.74, 6) is -2.52. The van der Waals surface area contributed by atoms with E-state index in [0.29, 0.717) is 25.7 Å². The second-order valence-electron chi connectivity index (χ2n) is 3.73. The van der Waals surface area contributed by atoms with Gasteiger partial charge in [-0.2, -0.15) is 0 Å². The minimum atomic E-state index is -2.52. The third-order valence-electron chi connectivity index (χ3n) is 2.26. The van der Waals surface area contributed by atoms with Crippen molar-refractivity contribution in [1.82, 2.24) is 0 Å². The van der Waals surface area contributed by atoms with Gasteiger partial charge in [-0.25, -0.2) is 8.78 Å². The highest BCUT2D eigenvalue weighted by molar-refractivity contribution is 5.48. The average Bonchev–Trinajstić information content (AvgIpc) is 2.13. The zero-order valence-corrected chi connectivity index (χ0v) is 8.90. The summed E-state index contributed by atoms with van der Waals surface area (Å²) in [6.45, 7) is 2.00. The lowest BCUT2D eigenvalue weighted by Crippen LogP contribution is -2.15. The van der Waals surface area contributed by atoms with Crippen molar-refractivity contribution in [2.24, 2.45) is 0 Å². The first-order valence-corrected chi connectivity index (χ1v) is 5.44. The van der Waals surface area contributed by atoms with Crippen molar-refractivity contribution in [2.75, 3.05) is 0 Å². The van der Waals surface area contributed by atoms with Gasteiger partial charge >= 0.3 is 0 Å². The maximum Gasteiger partial charge on any atom is 0.248 e. The second-order valence-corrected chi connectivity index (χ2v) is 3.73. The highest BCUT2D eigenvalue weighted by Gasteiger charge is 2.26. The van der Waals surface area contributed by atoms with E-state index < -0.39 is 5.92 Å². The van der Waals surface area contributed by atoms with Crippen molar-refractivity contribution in [1.29, 1.82) is 0 Å². The maximum absolute atomic E-state index is 13.1. The van der Waals surface area contributed by atoms with Gasteiger partial charge in [-0.15, -0.1) is 0 Å². The van der Waals surface area contributed by atoms with E-state index in [1.54, 1.807) is 0 Å². The van der Waals surface area contributed by atoms with Crippen LogP contribution >= 0.6 is 0 Å². The van der Waals surface area contributed by atoms with Crippen LogP contribution in [0.3, 0.4) is 0 Å². The van der Waals surface area contributed by atoms with E-state index >= 15 is 0 Å². The first-order chi connectivity index (χ1) is 6.62. The lowest BCUT2D eigenvalue weighted by molar-refractivity contribution is -0.108. The molecule has 0 N–H and O–H groups in total. The van der Waals surface area contributed by atoms with E-state index in [2.05, 4.69) is 0 Å². The zero-order valence-electron chi connectivity index (χ0n) is 8.90. The normalized spacial score (nSPS) is 11.6. The Hall–Kier alpha value is -0.470.